The minimum absolute atomic E-state index is 0.0986. The number of carbonyl (C=O) groups excluding carboxylic acids is 1. The molecule has 4 heteroatoms. The van der Waals surface area contributed by atoms with Crippen molar-refractivity contribution in [1.82, 2.24) is 10.6 Å². The van der Waals surface area contributed by atoms with Crippen LogP contribution in [0.15, 0.2) is 0 Å². The van der Waals surface area contributed by atoms with E-state index < -0.39 is 0 Å². The second-order valence-corrected chi connectivity index (χ2v) is 6.10. The van der Waals surface area contributed by atoms with E-state index >= 15 is 0 Å². The third kappa shape index (κ3) is 2.55. The Hall–Kier alpha value is -0.610. The van der Waals surface area contributed by atoms with Crippen molar-refractivity contribution in [2.75, 3.05) is 19.6 Å². The summed E-state index contributed by atoms with van der Waals surface area (Å²) in [6.45, 7) is 8.75. The Morgan fingerprint density at radius 1 is 1.38 bits per heavy atom. The third-order valence-electron chi connectivity index (χ3n) is 3.37. The van der Waals surface area contributed by atoms with Crippen LogP contribution < -0.4 is 10.6 Å². The van der Waals surface area contributed by atoms with Crippen LogP contribution in [0.25, 0.3) is 0 Å². The molecule has 0 bridgehead atoms. The van der Waals surface area contributed by atoms with Crippen molar-refractivity contribution in [3.8, 4) is 0 Å². The lowest BCUT2D eigenvalue weighted by molar-refractivity contribution is -0.159. The van der Waals surface area contributed by atoms with Crippen LogP contribution in [0.3, 0.4) is 0 Å². The zero-order valence-corrected chi connectivity index (χ0v) is 10.4. The molecule has 2 rings (SSSR count). The summed E-state index contributed by atoms with van der Waals surface area (Å²) in [5.41, 5.74) is -0.0337. The SMILES string of the molecule is CC(C)(C)OC(=O)[C@@H]1CC2(CCN1)CNC2. The van der Waals surface area contributed by atoms with Crippen molar-refractivity contribution in [1.29, 1.82) is 0 Å². The van der Waals surface area contributed by atoms with Crippen LogP contribution in [0.4, 0.5) is 0 Å². The maximum absolute atomic E-state index is 11.9. The molecule has 0 unspecified atom stereocenters. The van der Waals surface area contributed by atoms with E-state index in [1.807, 2.05) is 20.8 Å². The molecule has 2 N–H and O–H groups in total. The molecule has 0 amide bonds. The molecule has 0 aromatic carbocycles. The molecule has 2 aliphatic heterocycles. The lowest BCUT2D eigenvalue weighted by Gasteiger charge is -2.48. The Morgan fingerprint density at radius 2 is 2.06 bits per heavy atom. The molecule has 0 radical (unpaired) electrons. The lowest BCUT2D eigenvalue weighted by atomic mass is 9.71. The Bertz CT molecular complexity index is 279. The topological polar surface area (TPSA) is 50.4 Å². The van der Waals surface area contributed by atoms with Crippen LogP contribution in [0.2, 0.25) is 0 Å². The van der Waals surface area contributed by atoms with E-state index in [4.69, 9.17) is 4.74 Å². The molecule has 2 heterocycles. The van der Waals surface area contributed by atoms with Gasteiger partial charge in [0, 0.05) is 13.1 Å². The van der Waals surface area contributed by atoms with Gasteiger partial charge in [-0.15, -0.1) is 0 Å². The Labute approximate surface area is 97.1 Å². The molecule has 1 atom stereocenters. The van der Waals surface area contributed by atoms with Gasteiger partial charge in [0.2, 0.25) is 0 Å². The molecular formula is C12H22N2O2. The van der Waals surface area contributed by atoms with Gasteiger partial charge in [0.15, 0.2) is 0 Å². The number of esters is 1. The van der Waals surface area contributed by atoms with Gasteiger partial charge in [-0.1, -0.05) is 0 Å². The monoisotopic (exact) mass is 226 g/mol. The highest BCUT2D eigenvalue weighted by Gasteiger charge is 2.43. The van der Waals surface area contributed by atoms with Gasteiger partial charge in [0.25, 0.3) is 0 Å². The minimum atomic E-state index is -0.388. The number of nitrogens with one attached hydrogen (secondary N) is 2. The van der Waals surface area contributed by atoms with Crippen LogP contribution in [0.1, 0.15) is 33.6 Å². The van der Waals surface area contributed by atoms with Gasteiger partial charge in [0.05, 0.1) is 0 Å². The smallest absolute Gasteiger partial charge is 0.323 e. The molecule has 92 valence electrons. The maximum atomic E-state index is 11.9. The van der Waals surface area contributed by atoms with Crippen LogP contribution in [-0.4, -0.2) is 37.2 Å². The fraction of sp³-hybridized carbons (Fsp3) is 0.917. The highest BCUT2D eigenvalue weighted by atomic mass is 16.6. The van der Waals surface area contributed by atoms with E-state index in [9.17, 15) is 4.79 Å². The number of piperidine rings is 1. The van der Waals surface area contributed by atoms with Gasteiger partial charge in [-0.25, -0.2) is 0 Å². The van der Waals surface area contributed by atoms with Gasteiger partial charge in [-0.2, -0.15) is 0 Å². The molecular weight excluding hydrogens is 204 g/mol. The Kier molecular flexibility index (Phi) is 2.97. The molecule has 2 fully saturated rings. The molecule has 1 spiro atoms. The first kappa shape index (κ1) is 11.9. The second kappa shape index (κ2) is 4.00. The van der Waals surface area contributed by atoms with Crippen LogP contribution in [-0.2, 0) is 9.53 Å². The van der Waals surface area contributed by atoms with E-state index in [0.717, 1.165) is 26.1 Å². The van der Waals surface area contributed by atoms with E-state index in [1.54, 1.807) is 0 Å². The highest BCUT2D eigenvalue weighted by molar-refractivity contribution is 5.76. The summed E-state index contributed by atoms with van der Waals surface area (Å²) in [7, 11) is 0. The first-order valence-corrected chi connectivity index (χ1v) is 6.07. The van der Waals surface area contributed by atoms with Crippen LogP contribution in [0, 0.1) is 5.41 Å². The molecule has 0 aliphatic carbocycles. The average Bonchev–Trinajstić information content (AvgIpc) is 2.13. The summed E-state index contributed by atoms with van der Waals surface area (Å²) < 4.78 is 5.42. The van der Waals surface area contributed by atoms with Crippen molar-refractivity contribution in [3.05, 3.63) is 0 Å². The average molecular weight is 226 g/mol. The Morgan fingerprint density at radius 3 is 2.56 bits per heavy atom. The lowest BCUT2D eigenvalue weighted by Crippen LogP contribution is -2.61. The van der Waals surface area contributed by atoms with Gasteiger partial charge >= 0.3 is 5.97 Å². The van der Waals surface area contributed by atoms with Crippen LogP contribution in [0.5, 0.6) is 0 Å². The number of carbonyl (C=O) groups is 1. The summed E-state index contributed by atoms with van der Waals surface area (Å²) in [5.74, 6) is -0.0986. The predicted octanol–water partition coefficient (Wildman–Crippen LogP) is 0.670. The number of ether oxygens (including phenoxy) is 1. The quantitative estimate of drug-likeness (QED) is 0.645. The molecule has 0 saturated carbocycles. The molecule has 2 aliphatic rings. The van der Waals surface area contributed by atoms with E-state index in [-0.39, 0.29) is 17.6 Å². The van der Waals surface area contributed by atoms with E-state index in [1.165, 1.54) is 6.42 Å². The van der Waals surface area contributed by atoms with Crippen molar-refractivity contribution in [2.24, 2.45) is 5.41 Å². The summed E-state index contributed by atoms with van der Waals surface area (Å²) in [5, 5.41) is 6.56. The van der Waals surface area contributed by atoms with Gasteiger partial charge in [-0.3, -0.25) is 4.79 Å². The first-order chi connectivity index (χ1) is 7.40. The first-order valence-electron chi connectivity index (χ1n) is 6.07. The molecule has 4 nitrogen and oxygen atoms in total. The van der Waals surface area contributed by atoms with Crippen LogP contribution >= 0.6 is 0 Å². The number of rotatable bonds is 1. The number of hydrogen-bond donors (Lipinski definition) is 2. The van der Waals surface area contributed by atoms with Crippen molar-refractivity contribution in [2.45, 2.75) is 45.3 Å². The third-order valence-corrected chi connectivity index (χ3v) is 3.37. The largest absolute Gasteiger partial charge is 0.459 e. The van der Waals surface area contributed by atoms with Gasteiger partial charge < -0.3 is 15.4 Å². The standard InChI is InChI=1S/C12H22N2O2/c1-11(2,3)16-10(15)9-6-12(4-5-14-9)7-13-8-12/h9,13-14H,4-8H2,1-3H3/t9-/m0/s1. The minimum Gasteiger partial charge on any atom is -0.459 e. The summed E-state index contributed by atoms with van der Waals surface area (Å²) in [4.78, 5) is 11.9. The predicted molar refractivity (Wildman–Crippen MR) is 62.2 cm³/mol. The maximum Gasteiger partial charge on any atom is 0.323 e. The highest BCUT2D eigenvalue weighted by Crippen LogP contribution is 2.35. The fourth-order valence-electron chi connectivity index (χ4n) is 2.46. The second-order valence-electron chi connectivity index (χ2n) is 6.10. The Balaban J connectivity index is 1.91. The fourth-order valence-corrected chi connectivity index (χ4v) is 2.46. The molecule has 2 saturated heterocycles. The summed E-state index contributed by atoms with van der Waals surface area (Å²) >= 11 is 0. The summed E-state index contributed by atoms with van der Waals surface area (Å²) in [6, 6.07) is -0.116. The zero-order valence-electron chi connectivity index (χ0n) is 10.4. The van der Waals surface area contributed by atoms with Gasteiger partial charge in [0.1, 0.15) is 11.6 Å². The molecule has 0 aromatic rings. The normalized spacial score (nSPS) is 28.6. The van der Waals surface area contributed by atoms with E-state index in [0.29, 0.717) is 5.41 Å². The van der Waals surface area contributed by atoms with Crippen molar-refractivity contribution in [3.63, 3.8) is 0 Å². The number of hydrogen-bond acceptors (Lipinski definition) is 4. The zero-order chi connectivity index (χ0) is 11.8. The molecule has 0 aromatic heterocycles. The van der Waals surface area contributed by atoms with Crippen molar-refractivity contribution < 1.29 is 9.53 Å². The van der Waals surface area contributed by atoms with Crippen molar-refractivity contribution >= 4 is 5.97 Å². The molecule has 16 heavy (non-hydrogen) atoms. The summed E-state index contributed by atoms with van der Waals surface area (Å²) in [6.07, 6.45) is 2.08. The van der Waals surface area contributed by atoms with E-state index in [2.05, 4.69) is 10.6 Å². The van der Waals surface area contributed by atoms with Gasteiger partial charge in [-0.05, 0) is 45.6 Å².